The Bertz CT molecular complexity index is 964. The van der Waals surface area contributed by atoms with E-state index in [1.54, 1.807) is 0 Å². The second-order valence-electron chi connectivity index (χ2n) is 15.7. The number of unbranched alkanes of at least 4 members (excludes halogenated alkanes) is 21. The third kappa shape index (κ3) is 40.0. The van der Waals surface area contributed by atoms with Gasteiger partial charge in [-0.1, -0.05) is 160 Å². The van der Waals surface area contributed by atoms with Gasteiger partial charge in [0.05, 0.1) is 27.7 Å². The Labute approximate surface area is 326 Å². The van der Waals surface area contributed by atoms with E-state index in [0.717, 1.165) is 64.2 Å². The van der Waals surface area contributed by atoms with Gasteiger partial charge < -0.3 is 18.9 Å². The lowest BCUT2D eigenvalue weighted by molar-refractivity contribution is -0.870. The lowest BCUT2D eigenvalue weighted by Crippen LogP contribution is -2.37. The van der Waals surface area contributed by atoms with Crippen LogP contribution in [0.2, 0.25) is 0 Å². The minimum atomic E-state index is -4.37. The zero-order valence-electron chi connectivity index (χ0n) is 35.0. The van der Waals surface area contributed by atoms with E-state index in [1.165, 1.54) is 89.9 Å². The van der Waals surface area contributed by atoms with Gasteiger partial charge in [0.2, 0.25) is 0 Å². The highest BCUT2D eigenvalue weighted by atomic mass is 31.2. The van der Waals surface area contributed by atoms with Gasteiger partial charge in [0.25, 0.3) is 0 Å². The third-order valence-corrected chi connectivity index (χ3v) is 10.2. The fraction of sp³-hybridized carbons (Fsp3) is 0.860. The van der Waals surface area contributed by atoms with Crippen LogP contribution in [0.3, 0.4) is 0 Å². The van der Waals surface area contributed by atoms with Crippen molar-refractivity contribution >= 4 is 19.8 Å². The van der Waals surface area contributed by atoms with Crippen LogP contribution in [0.4, 0.5) is 0 Å². The third-order valence-electron chi connectivity index (χ3n) is 9.23. The highest BCUT2D eigenvalue weighted by Gasteiger charge is 2.27. The van der Waals surface area contributed by atoms with Gasteiger partial charge >= 0.3 is 19.8 Å². The monoisotopic (exact) mass is 773 g/mol. The average Bonchev–Trinajstić information content (AvgIpc) is 3.10. The van der Waals surface area contributed by atoms with Crippen molar-refractivity contribution in [3.63, 3.8) is 0 Å². The number of phosphoric acid groups is 1. The van der Waals surface area contributed by atoms with Gasteiger partial charge in [0, 0.05) is 12.8 Å². The number of carbonyl (C=O) groups excluding carboxylic acids is 2. The second-order valence-corrected chi connectivity index (χ2v) is 17.2. The van der Waals surface area contributed by atoms with Gasteiger partial charge in [-0.15, -0.1) is 0 Å². The Morgan fingerprint density at radius 1 is 0.585 bits per heavy atom. The van der Waals surface area contributed by atoms with Crippen molar-refractivity contribution in [2.24, 2.45) is 0 Å². The summed E-state index contributed by atoms with van der Waals surface area (Å²) in [4.78, 5) is 35.3. The molecule has 0 spiro atoms. The molecule has 0 aliphatic carbocycles. The topological polar surface area (TPSA) is 108 Å². The Balaban J connectivity index is 4.37. The first-order chi connectivity index (χ1) is 25.5. The zero-order chi connectivity index (χ0) is 39.3. The van der Waals surface area contributed by atoms with E-state index in [1.807, 2.05) is 21.1 Å². The largest absolute Gasteiger partial charge is 0.472 e. The summed E-state index contributed by atoms with van der Waals surface area (Å²) in [5, 5.41) is 0. The maximum atomic E-state index is 12.7. The number of esters is 2. The molecule has 9 nitrogen and oxygen atoms in total. The summed E-state index contributed by atoms with van der Waals surface area (Å²) in [7, 11) is 1.47. The van der Waals surface area contributed by atoms with E-state index >= 15 is 0 Å². The summed E-state index contributed by atoms with van der Waals surface area (Å²) in [5.74, 6) is -0.809. The van der Waals surface area contributed by atoms with E-state index < -0.39 is 26.5 Å². The van der Waals surface area contributed by atoms with E-state index in [9.17, 15) is 19.0 Å². The molecule has 0 bridgehead atoms. The van der Waals surface area contributed by atoms with Crippen LogP contribution in [0.1, 0.15) is 187 Å². The predicted octanol–water partition coefficient (Wildman–Crippen LogP) is 12.0. The Morgan fingerprint density at radius 3 is 1.55 bits per heavy atom. The molecular formula is C43H83NO8P+. The summed E-state index contributed by atoms with van der Waals surface area (Å²) in [6.07, 6.45) is 37.9. The fourth-order valence-corrected chi connectivity index (χ4v) is 6.54. The summed E-state index contributed by atoms with van der Waals surface area (Å²) in [6.45, 7) is 4.37. The molecule has 0 aromatic rings. The van der Waals surface area contributed by atoms with Gasteiger partial charge in [0.1, 0.15) is 19.8 Å². The van der Waals surface area contributed by atoms with Crippen LogP contribution in [0, 0.1) is 0 Å². The van der Waals surface area contributed by atoms with Crippen LogP contribution in [0.15, 0.2) is 24.3 Å². The van der Waals surface area contributed by atoms with E-state index in [0.29, 0.717) is 23.9 Å². The molecule has 312 valence electrons. The number of rotatable bonds is 39. The van der Waals surface area contributed by atoms with Gasteiger partial charge in [-0.05, 0) is 38.5 Å². The van der Waals surface area contributed by atoms with Gasteiger partial charge in [-0.2, -0.15) is 0 Å². The highest BCUT2D eigenvalue weighted by Crippen LogP contribution is 2.43. The van der Waals surface area contributed by atoms with Crippen molar-refractivity contribution in [1.82, 2.24) is 0 Å². The number of ether oxygens (including phenoxy) is 2. The van der Waals surface area contributed by atoms with Crippen molar-refractivity contribution < 1.29 is 42.1 Å². The minimum Gasteiger partial charge on any atom is -0.462 e. The first-order valence-corrected chi connectivity index (χ1v) is 23.1. The SMILES string of the molecule is CCCC/C=C\C/C=C\CCCCCCCC(=O)OC(COC(=O)CCCCCCCCCCCCCCCCC)COP(=O)(O)OCC[N+](C)(C)C. The molecule has 0 aromatic carbocycles. The summed E-state index contributed by atoms with van der Waals surface area (Å²) in [6, 6.07) is 0. The van der Waals surface area contributed by atoms with Crippen LogP contribution >= 0.6 is 7.82 Å². The number of allylic oxidation sites excluding steroid dienone is 4. The van der Waals surface area contributed by atoms with Gasteiger partial charge in [-0.25, -0.2) is 4.57 Å². The van der Waals surface area contributed by atoms with Crippen LogP contribution in [0.5, 0.6) is 0 Å². The van der Waals surface area contributed by atoms with Crippen molar-refractivity contribution in [2.45, 2.75) is 193 Å². The summed E-state index contributed by atoms with van der Waals surface area (Å²) in [5.41, 5.74) is 0. The minimum absolute atomic E-state index is 0.0305. The number of hydrogen-bond acceptors (Lipinski definition) is 7. The van der Waals surface area contributed by atoms with Crippen molar-refractivity contribution in [2.75, 3.05) is 47.5 Å². The first kappa shape index (κ1) is 51.5. The van der Waals surface area contributed by atoms with Crippen LogP contribution in [-0.2, 0) is 32.7 Å². The lowest BCUT2D eigenvalue weighted by atomic mass is 10.0. The maximum Gasteiger partial charge on any atom is 0.472 e. The molecule has 1 N–H and O–H groups in total. The van der Waals surface area contributed by atoms with Crippen LogP contribution in [-0.4, -0.2) is 74.9 Å². The molecule has 0 fully saturated rings. The lowest BCUT2D eigenvalue weighted by Gasteiger charge is -2.24. The Hall–Kier alpha value is -1.51. The molecule has 0 heterocycles. The van der Waals surface area contributed by atoms with E-state index in [-0.39, 0.29) is 25.6 Å². The molecule has 2 atom stereocenters. The molecule has 0 amide bonds. The number of hydrogen-bond donors (Lipinski definition) is 1. The zero-order valence-corrected chi connectivity index (χ0v) is 35.9. The second kappa shape index (κ2) is 36.1. The predicted molar refractivity (Wildman–Crippen MR) is 220 cm³/mol. The number of carbonyl (C=O) groups is 2. The number of phosphoric ester groups is 1. The molecule has 53 heavy (non-hydrogen) atoms. The molecule has 10 heteroatoms. The molecule has 0 aromatic heterocycles. The highest BCUT2D eigenvalue weighted by molar-refractivity contribution is 7.47. The molecular weight excluding hydrogens is 689 g/mol. The molecule has 0 saturated heterocycles. The number of likely N-dealkylation sites (N-methyl/N-ethyl adjacent to an activating group) is 1. The Kier molecular flexibility index (Phi) is 35.1. The first-order valence-electron chi connectivity index (χ1n) is 21.6. The smallest absolute Gasteiger partial charge is 0.462 e. The van der Waals surface area contributed by atoms with Crippen LogP contribution in [0.25, 0.3) is 0 Å². The number of quaternary nitrogens is 1. The van der Waals surface area contributed by atoms with Gasteiger partial charge in [0.15, 0.2) is 6.10 Å². The van der Waals surface area contributed by atoms with Crippen LogP contribution < -0.4 is 0 Å². The van der Waals surface area contributed by atoms with E-state index in [4.69, 9.17) is 18.5 Å². The molecule has 0 rings (SSSR count). The maximum absolute atomic E-state index is 12.7. The molecule has 2 unspecified atom stereocenters. The van der Waals surface area contributed by atoms with E-state index in [2.05, 4.69) is 38.2 Å². The average molecular weight is 773 g/mol. The summed E-state index contributed by atoms with van der Waals surface area (Å²) >= 11 is 0. The van der Waals surface area contributed by atoms with Gasteiger partial charge in [-0.3, -0.25) is 18.6 Å². The van der Waals surface area contributed by atoms with Crippen molar-refractivity contribution in [3.05, 3.63) is 24.3 Å². The van der Waals surface area contributed by atoms with Crippen molar-refractivity contribution in [1.29, 1.82) is 0 Å². The number of nitrogens with zero attached hydrogens (tertiary/aromatic N) is 1. The molecule has 0 saturated carbocycles. The fourth-order valence-electron chi connectivity index (χ4n) is 5.79. The molecule has 0 radical (unpaired) electrons. The summed E-state index contributed by atoms with van der Waals surface area (Å²) < 4.78 is 34.3. The Morgan fingerprint density at radius 2 is 1.04 bits per heavy atom. The molecule has 0 aliphatic rings. The molecule has 0 aliphatic heterocycles. The standard InChI is InChI=1S/C43H82NO8P/c1-6-8-10-12-14-16-18-20-22-24-25-27-29-31-33-35-42(45)49-39-41(40-51-53(47,48)50-38-37-44(3,4)5)52-43(46)36-34-32-30-28-26-23-21-19-17-15-13-11-9-7-2/h13,15,19,21,41H,6-12,14,16-18,20,22-40H2,1-5H3/p+1/b15-13-,21-19-. The van der Waals surface area contributed by atoms with Crippen molar-refractivity contribution in [3.8, 4) is 0 Å². The normalized spacial score (nSPS) is 13.8. The quantitative estimate of drug-likeness (QED) is 0.0216.